The van der Waals surface area contributed by atoms with Crippen LogP contribution >= 0.6 is 0 Å². The molecule has 2 aromatic rings. The number of anilines is 1. The molecule has 2 N–H and O–H groups in total. The molecule has 0 atom stereocenters. The third kappa shape index (κ3) is 4.22. The third-order valence-electron chi connectivity index (χ3n) is 3.78. The second-order valence-electron chi connectivity index (χ2n) is 6.03. The maximum Gasteiger partial charge on any atom is 0.338 e. The number of nitrogens with two attached hydrogens (primary N) is 1. The number of nitrogen functional groups attached to an aromatic ring is 1. The lowest BCUT2D eigenvalue weighted by Gasteiger charge is -2.10. The van der Waals surface area contributed by atoms with Gasteiger partial charge in [0.15, 0.2) is 5.78 Å². The van der Waals surface area contributed by atoms with Gasteiger partial charge in [-0.25, -0.2) is 4.79 Å². The zero-order chi connectivity index (χ0) is 17.7. The topological polar surface area (TPSA) is 69.4 Å². The number of hydrogen-bond donors (Lipinski definition) is 1. The predicted molar refractivity (Wildman–Crippen MR) is 95.2 cm³/mol. The number of carbonyl (C=O) groups excluding carboxylic acids is 2. The second kappa shape index (κ2) is 7.77. The minimum atomic E-state index is -0.359. The first-order chi connectivity index (χ1) is 11.4. The summed E-state index contributed by atoms with van der Waals surface area (Å²) >= 11 is 0. The van der Waals surface area contributed by atoms with Crippen LogP contribution in [0.2, 0.25) is 0 Å². The molecule has 0 spiro atoms. The minimum Gasteiger partial charge on any atom is -0.462 e. The first-order valence-electron chi connectivity index (χ1n) is 8.11. The smallest absolute Gasteiger partial charge is 0.338 e. The van der Waals surface area contributed by atoms with E-state index in [4.69, 9.17) is 10.5 Å². The van der Waals surface area contributed by atoms with Crippen molar-refractivity contribution < 1.29 is 14.3 Å². The number of ketones is 1. The van der Waals surface area contributed by atoms with Crippen LogP contribution in [0.5, 0.6) is 0 Å². The molecule has 2 rings (SSSR count). The van der Waals surface area contributed by atoms with Crippen LogP contribution in [0.4, 0.5) is 5.69 Å². The Morgan fingerprint density at radius 3 is 2.50 bits per heavy atom. The van der Waals surface area contributed by atoms with E-state index in [1.54, 1.807) is 25.1 Å². The second-order valence-corrected chi connectivity index (χ2v) is 6.03. The van der Waals surface area contributed by atoms with E-state index in [2.05, 4.69) is 0 Å². The highest BCUT2D eigenvalue weighted by molar-refractivity contribution is 5.97. The molecule has 126 valence electrons. The van der Waals surface area contributed by atoms with Gasteiger partial charge in [0.1, 0.15) is 0 Å². The summed E-state index contributed by atoms with van der Waals surface area (Å²) < 4.78 is 5.03. The van der Waals surface area contributed by atoms with Crippen molar-refractivity contribution in [1.29, 1.82) is 0 Å². The summed E-state index contributed by atoms with van der Waals surface area (Å²) in [7, 11) is 0. The number of esters is 1. The number of carbonyl (C=O) groups is 2. The average Bonchev–Trinajstić information content (AvgIpc) is 2.56. The fourth-order valence-electron chi connectivity index (χ4n) is 2.49. The van der Waals surface area contributed by atoms with Crippen molar-refractivity contribution in [2.75, 3.05) is 12.3 Å². The lowest BCUT2D eigenvalue weighted by molar-refractivity contribution is 0.0526. The highest BCUT2D eigenvalue weighted by atomic mass is 16.5. The molecule has 0 amide bonds. The zero-order valence-corrected chi connectivity index (χ0v) is 14.3. The molecule has 0 radical (unpaired) electrons. The van der Waals surface area contributed by atoms with E-state index in [1.807, 2.05) is 38.1 Å². The van der Waals surface area contributed by atoms with Gasteiger partial charge < -0.3 is 10.5 Å². The molecule has 0 aliphatic heterocycles. The molecule has 2 aromatic carbocycles. The molecule has 0 saturated heterocycles. The Morgan fingerprint density at radius 2 is 1.83 bits per heavy atom. The highest BCUT2D eigenvalue weighted by Gasteiger charge is 2.13. The molecule has 0 saturated carbocycles. The molecule has 0 aliphatic rings. The number of Topliss-reactive ketones (excluding diaryl/α,β-unsaturated/α-hetero) is 1. The van der Waals surface area contributed by atoms with Gasteiger partial charge in [-0.3, -0.25) is 4.79 Å². The molecule has 4 heteroatoms. The van der Waals surface area contributed by atoms with Crippen LogP contribution in [0.3, 0.4) is 0 Å². The van der Waals surface area contributed by atoms with Gasteiger partial charge in [-0.2, -0.15) is 0 Å². The summed E-state index contributed by atoms with van der Waals surface area (Å²) in [5.74, 6) is -0.287. The molecular weight excluding hydrogens is 302 g/mol. The molecular formula is C20H23NO3. The standard InChI is InChI=1S/C20H23NO3/c1-4-24-20(23)16-8-9-18(21)17(12-16)11-14-6-5-7-15(10-14)19(22)13(2)3/h5-10,12-13H,4,11,21H2,1-3H3. The molecule has 0 unspecified atom stereocenters. The molecule has 24 heavy (non-hydrogen) atoms. The molecule has 0 aromatic heterocycles. The summed E-state index contributed by atoms with van der Waals surface area (Å²) in [6.07, 6.45) is 0.554. The van der Waals surface area contributed by atoms with Crippen molar-refractivity contribution in [3.05, 3.63) is 64.7 Å². The number of ether oxygens (including phenoxy) is 1. The SMILES string of the molecule is CCOC(=O)c1ccc(N)c(Cc2cccc(C(=O)C(C)C)c2)c1. The van der Waals surface area contributed by atoms with Crippen LogP contribution in [0.1, 0.15) is 52.6 Å². The van der Waals surface area contributed by atoms with E-state index >= 15 is 0 Å². The van der Waals surface area contributed by atoms with Crippen LogP contribution in [0.15, 0.2) is 42.5 Å². The Hall–Kier alpha value is -2.62. The predicted octanol–water partition coefficient (Wildman–Crippen LogP) is 3.88. The van der Waals surface area contributed by atoms with Crippen molar-refractivity contribution in [3.63, 3.8) is 0 Å². The largest absolute Gasteiger partial charge is 0.462 e. The maximum atomic E-state index is 12.1. The van der Waals surface area contributed by atoms with Crippen LogP contribution < -0.4 is 5.73 Å². The summed E-state index contributed by atoms with van der Waals surface area (Å²) in [5, 5.41) is 0. The third-order valence-corrected chi connectivity index (χ3v) is 3.78. The number of hydrogen-bond acceptors (Lipinski definition) is 4. The Balaban J connectivity index is 2.28. The van der Waals surface area contributed by atoms with E-state index in [0.29, 0.717) is 29.8 Å². The molecule has 0 heterocycles. The van der Waals surface area contributed by atoms with Crippen LogP contribution in [0.25, 0.3) is 0 Å². The van der Waals surface area contributed by atoms with E-state index in [1.165, 1.54) is 0 Å². The summed E-state index contributed by atoms with van der Waals surface area (Å²) in [6, 6.07) is 12.7. The van der Waals surface area contributed by atoms with Gasteiger partial charge in [-0.15, -0.1) is 0 Å². The van der Waals surface area contributed by atoms with Crippen molar-refractivity contribution in [2.45, 2.75) is 27.2 Å². The molecule has 0 bridgehead atoms. The van der Waals surface area contributed by atoms with E-state index in [9.17, 15) is 9.59 Å². The number of benzene rings is 2. The van der Waals surface area contributed by atoms with Gasteiger partial charge in [0.2, 0.25) is 0 Å². The van der Waals surface area contributed by atoms with Gasteiger partial charge in [0.05, 0.1) is 12.2 Å². The van der Waals surface area contributed by atoms with Gasteiger partial charge in [0, 0.05) is 17.2 Å². The first kappa shape index (κ1) is 17.7. The average molecular weight is 325 g/mol. The molecule has 0 aliphatic carbocycles. The quantitative estimate of drug-likeness (QED) is 0.497. The zero-order valence-electron chi connectivity index (χ0n) is 14.3. The summed E-state index contributed by atoms with van der Waals surface area (Å²) in [6.45, 7) is 5.87. The lowest BCUT2D eigenvalue weighted by atomic mass is 9.96. The summed E-state index contributed by atoms with van der Waals surface area (Å²) in [5.41, 5.74) is 9.65. The first-order valence-corrected chi connectivity index (χ1v) is 8.11. The lowest BCUT2D eigenvalue weighted by Crippen LogP contribution is -2.08. The Labute approximate surface area is 142 Å². The normalized spacial score (nSPS) is 10.7. The Morgan fingerprint density at radius 1 is 1.08 bits per heavy atom. The number of rotatable bonds is 6. The van der Waals surface area contributed by atoms with Gasteiger partial charge in [-0.1, -0.05) is 32.0 Å². The van der Waals surface area contributed by atoms with Gasteiger partial charge in [-0.05, 0) is 48.7 Å². The van der Waals surface area contributed by atoms with Crippen molar-refractivity contribution in [1.82, 2.24) is 0 Å². The van der Waals surface area contributed by atoms with E-state index < -0.39 is 0 Å². The van der Waals surface area contributed by atoms with E-state index in [-0.39, 0.29) is 17.7 Å². The van der Waals surface area contributed by atoms with Crippen molar-refractivity contribution in [3.8, 4) is 0 Å². The van der Waals surface area contributed by atoms with Gasteiger partial charge >= 0.3 is 5.97 Å². The maximum absolute atomic E-state index is 12.1. The van der Waals surface area contributed by atoms with Crippen LogP contribution in [-0.2, 0) is 11.2 Å². The highest BCUT2D eigenvalue weighted by Crippen LogP contribution is 2.20. The van der Waals surface area contributed by atoms with Crippen LogP contribution in [-0.4, -0.2) is 18.4 Å². The monoisotopic (exact) mass is 325 g/mol. The Kier molecular flexibility index (Phi) is 5.74. The fraction of sp³-hybridized carbons (Fsp3) is 0.300. The van der Waals surface area contributed by atoms with E-state index in [0.717, 1.165) is 11.1 Å². The summed E-state index contributed by atoms with van der Waals surface area (Å²) in [4.78, 5) is 24.0. The molecule has 0 fully saturated rings. The van der Waals surface area contributed by atoms with Crippen molar-refractivity contribution in [2.24, 2.45) is 5.92 Å². The Bertz CT molecular complexity index is 750. The van der Waals surface area contributed by atoms with Crippen molar-refractivity contribution >= 4 is 17.4 Å². The minimum absolute atomic E-state index is 0.0440. The fourth-order valence-corrected chi connectivity index (χ4v) is 2.49. The molecule has 4 nitrogen and oxygen atoms in total. The van der Waals surface area contributed by atoms with Crippen LogP contribution in [0, 0.1) is 5.92 Å². The van der Waals surface area contributed by atoms with Gasteiger partial charge in [0.25, 0.3) is 0 Å².